The van der Waals surface area contributed by atoms with Crippen LogP contribution >= 0.6 is 0 Å². The quantitative estimate of drug-likeness (QED) is 0.217. The minimum atomic E-state index is -2.38. The van der Waals surface area contributed by atoms with Crippen molar-refractivity contribution in [3.63, 3.8) is 0 Å². The number of allylic oxidation sites excluding steroid dienone is 2. The van der Waals surface area contributed by atoms with Gasteiger partial charge >= 0.3 is 272 Å². The number of fused-ring (bicyclic) bond motifs is 4. The molecular formula is C42H37Cl2SiZr. The first-order valence-corrected chi connectivity index (χ1v) is 25.9. The smallest absolute Gasteiger partial charge is 1.00 e. The third kappa shape index (κ3) is 5.52. The number of rotatable bonds is 5. The number of aryl methyl sites for hydroxylation is 2. The molecule has 0 amide bonds. The van der Waals surface area contributed by atoms with Crippen molar-refractivity contribution in [3.05, 3.63) is 166 Å². The van der Waals surface area contributed by atoms with Crippen molar-refractivity contribution in [1.29, 1.82) is 0 Å². The topological polar surface area (TPSA) is 0 Å². The summed E-state index contributed by atoms with van der Waals surface area (Å²) in [6.45, 7) is 9.88. The van der Waals surface area contributed by atoms with Gasteiger partial charge in [0.2, 0.25) is 0 Å². The first kappa shape index (κ1) is 32.9. The summed E-state index contributed by atoms with van der Waals surface area (Å²) < 4.78 is 1.06. The second-order valence-corrected chi connectivity index (χ2v) is 33.1. The van der Waals surface area contributed by atoms with Gasteiger partial charge in [0.25, 0.3) is 0 Å². The van der Waals surface area contributed by atoms with Gasteiger partial charge in [-0.15, -0.1) is 0 Å². The van der Waals surface area contributed by atoms with Crippen LogP contribution < -0.4 is 24.8 Å². The van der Waals surface area contributed by atoms with Crippen LogP contribution in [0.1, 0.15) is 51.8 Å². The third-order valence-electron chi connectivity index (χ3n) is 9.83. The van der Waals surface area contributed by atoms with Gasteiger partial charge in [-0.2, -0.15) is 0 Å². The minimum Gasteiger partial charge on any atom is -1.00 e. The SMILES string of the molecule is Cc1cc(C2=Cc3ccccc3[CH]2[Zr+2]([CH]2C(c3cc(C)cc4ccccc34)=Cc3ccccc32)[SiH](C)C)c2ccccc2c1.[Cl-].[Cl-]. The molecule has 0 saturated carbocycles. The van der Waals surface area contributed by atoms with Gasteiger partial charge in [-0.1, -0.05) is 0 Å². The molecule has 0 bridgehead atoms. The van der Waals surface area contributed by atoms with E-state index in [9.17, 15) is 0 Å². The van der Waals surface area contributed by atoms with Crippen molar-refractivity contribution >= 4 is 50.8 Å². The Morgan fingerprint density at radius 1 is 0.500 bits per heavy atom. The summed E-state index contributed by atoms with van der Waals surface area (Å²) in [6, 6.07) is 46.4. The van der Waals surface area contributed by atoms with E-state index in [-0.39, 0.29) is 24.8 Å². The van der Waals surface area contributed by atoms with E-state index < -0.39 is 26.8 Å². The van der Waals surface area contributed by atoms with Crippen LogP contribution in [0.15, 0.2) is 121 Å². The first-order chi connectivity index (χ1) is 21.5. The van der Waals surface area contributed by atoms with Crippen molar-refractivity contribution < 1.29 is 45.7 Å². The molecule has 0 heterocycles. The van der Waals surface area contributed by atoms with E-state index in [1.54, 1.807) is 22.3 Å². The number of benzene rings is 6. The first-order valence-electron chi connectivity index (χ1n) is 15.9. The summed E-state index contributed by atoms with van der Waals surface area (Å²) in [7, 11) is 0. The molecular weight excluding hydrogens is 695 g/mol. The average Bonchev–Trinajstić information content (AvgIpc) is 3.60. The van der Waals surface area contributed by atoms with Gasteiger partial charge in [-0.25, -0.2) is 0 Å². The Hall–Kier alpha value is -3.00. The Bertz CT molecular complexity index is 2010. The van der Waals surface area contributed by atoms with E-state index in [1.807, 2.05) is 0 Å². The van der Waals surface area contributed by atoms with Gasteiger partial charge in [0.15, 0.2) is 0 Å². The molecule has 0 N–H and O–H groups in total. The van der Waals surface area contributed by atoms with E-state index in [2.05, 4.69) is 160 Å². The molecule has 227 valence electrons. The Morgan fingerprint density at radius 3 is 1.33 bits per heavy atom. The van der Waals surface area contributed by atoms with Crippen LogP contribution in [0.5, 0.6) is 0 Å². The molecule has 0 nitrogen and oxygen atoms in total. The van der Waals surface area contributed by atoms with Crippen molar-refractivity contribution in [3.8, 4) is 0 Å². The zero-order valence-corrected chi connectivity index (χ0v) is 31.8. The summed E-state index contributed by atoms with van der Waals surface area (Å²) in [4.78, 5) is 0. The van der Waals surface area contributed by atoms with Crippen LogP contribution in [0.25, 0.3) is 44.8 Å². The molecule has 0 aliphatic heterocycles. The maximum atomic E-state index is 2.68. The molecule has 6 aromatic rings. The van der Waals surface area contributed by atoms with Gasteiger partial charge in [-0.05, 0) is 0 Å². The van der Waals surface area contributed by atoms with Crippen LogP contribution in [0.2, 0.25) is 13.1 Å². The Morgan fingerprint density at radius 2 is 0.891 bits per heavy atom. The average molecular weight is 732 g/mol. The van der Waals surface area contributed by atoms with Gasteiger partial charge in [0.1, 0.15) is 0 Å². The number of hydrogen-bond donors (Lipinski definition) is 0. The molecule has 2 aliphatic carbocycles. The molecule has 0 fully saturated rings. The molecule has 6 aromatic carbocycles. The van der Waals surface area contributed by atoms with Crippen molar-refractivity contribution in [2.24, 2.45) is 0 Å². The van der Waals surface area contributed by atoms with E-state index in [4.69, 9.17) is 0 Å². The fourth-order valence-electron chi connectivity index (χ4n) is 8.06. The van der Waals surface area contributed by atoms with Crippen LogP contribution in [0.3, 0.4) is 0 Å². The van der Waals surface area contributed by atoms with E-state index >= 15 is 0 Å². The summed E-state index contributed by atoms with van der Waals surface area (Å²) in [6.07, 6.45) is 5.15. The van der Waals surface area contributed by atoms with Gasteiger partial charge in [-0.3, -0.25) is 0 Å². The maximum absolute atomic E-state index is 2.68. The van der Waals surface area contributed by atoms with E-state index in [0.717, 1.165) is 0 Å². The summed E-state index contributed by atoms with van der Waals surface area (Å²) in [5.74, 6) is -1.07. The molecule has 4 heteroatoms. The second kappa shape index (κ2) is 13.2. The monoisotopic (exact) mass is 729 g/mol. The predicted molar refractivity (Wildman–Crippen MR) is 190 cm³/mol. The van der Waals surface area contributed by atoms with Gasteiger partial charge in [0.05, 0.1) is 0 Å². The summed E-state index contributed by atoms with van der Waals surface area (Å²) in [5, 5.41) is 5.48. The van der Waals surface area contributed by atoms with Crippen molar-refractivity contribution in [2.75, 3.05) is 0 Å². The molecule has 2 atom stereocenters. The molecule has 2 aliphatic rings. The van der Waals surface area contributed by atoms with Crippen molar-refractivity contribution in [1.82, 2.24) is 0 Å². The zero-order valence-electron chi connectivity index (χ0n) is 26.7. The fraction of sp³-hybridized carbons (Fsp3) is 0.143. The Kier molecular flexibility index (Phi) is 9.48. The second-order valence-electron chi connectivity index (χ2n) is 13.0. The zero-order chi connectivity index (χ0) is 29.9. The van der Waals surface area contributed by atoms with E-state index in [0.29, 0.717) is 7.25 Å². The van der Waals surface area contributed by atoms with Gasteiger partial charge < -0.3 is 24.8 Å². The van der Waals surface area contributed by atoms with Gasteiger partial charge in [0, 0.05) is 0 Å². The van der Waals surface area contributed by atoms with E-state index in [1.165, 1.54) is 54.9 Å². The third-order valence-corrected chi connectivity index (χ3v) is 31.3. The molecule has 8 rings (SSSR count). The van der Waals surface area contributed by atoms with Crippen molar-refractivity contribution in [2.45, 2.75) is 34.2 Å². The van der Waals surface area contributed by atoms with Crippen LogP contribution in [-0.4, -0.2) is 5.92 Å². The fourth-order valence-corrected chi connectivity index (χ4v) is 30.3. The molecule has 46 heavy (non-hydrogen) atoms. The molecule has 2 unspecified atom stereocenters. The summed E-state index contributed by atoms with van der Waals surface area (Å²) >= 11 is -2.38. The molecule has 0 aromatic heterocycles. The Balaban J connectivity index is 0.00000186. The normalized spacial score (nSPS) is 16.4. The largest absolute Gasteiger partial charge is 1.00 e. The molecule has 0 radical (unpaired) electrons. The van der Waals surface area contributed by atoms with Crippen LogP contribution in [0.4, 0.5) is 0 Å². The number of hydrogen-bond acceptors (Lipinski definition) is 0. The van der Waals surface area contributed by atoms with Crippen LogP contribution in [-0.2, 0) is 20.9 Å². The standard InChI is InChI=1S/2C20H15.C2H7Si.2ClH.Zr/c2*1-14-10-17-8-4-5-9-19(17)20(11-14)18-12-15-6-2-3-7-16(15)13-18;1-3-2;;;/h2*2-13H,1H3;3H,1-2H3;2*1H;/q;;;;;+2/p-2. The summed E-state index contributed by atoms with van der Waals surface area (Å²) in [5.41, 5.74) is 14.8. The molecule has 0 spiro atoms. The predicted octanol–water partition coefficient (Wildman–Crippen LogP) is 5.11. The Labute approximate surface area is 294 Å². The van der Waals surface area contributed by atoms with Crippen LogP contribution in [0, 0.1) is 13.8 Å². The minimum absolute atomic E-state index is 0. The number of halogens is 2. The molecule has 0 saturated heterocycles. The maximum Gasteiger partial charge on any atom is -1.00 e.